The number of ether oxygens (including phenoxy) is 3. The van der Waals surface area contributed by atoms with Gasteiger partial charge in [-0.1, -0.05) is 48.7 Å². The van der Waals surface area contributed by atoms with Gasteiger partial charge in [0.25, 0.3) is 5.91 Å². The standard InChI is InChI=1S/C21H35Cl3N4O7/c1-12(2)15(26-19(32)35-20(3,4)5)16(29)25-14(10-33-6)17(30)28-9-7-8-13(27-28)18(31)34-11-21(22,23)24/h12-15,27H,7-11H2,1-6H3,(H,25,29)(H,26,32)/t13-,14?,15?/m0/s1. The number of methoxy groups -OCH3 is 1. The first-order chi connectivity index (χ1) is 16.0. The number of carbonyl (C=O) groups excluding carboxylic acids is 4. The lowest BCUT2D eigenvalue weighted by Gasteiger charge is -2.35. The molecule has 0 bridgehead atoms. The van der Waals surface area contributed by atoms with Gasteiger partial charge in [0, 0.05) is 13.7 Å². The van der Waals surface area contributed by atoms with Crippen molar-refractivity contribution in [2.24, 2.45) is 5.92 Å². The van der Waals surface area contributed by atoms with Gasteiger partial charge in [0.1, 0.15) is 30.3 Å². The lowest BCUT2D eigenvalue weighted by molar-refractivity contribution is -0.153. The monoisotopic (exact) mass is 560 g/mol. The minimum absolute atomic E-state index is 0.137. The molecule has 14 heteroatoms. The number of hydrazine groups is 1. The van der Waals surface area contributed by atoms with Crippen LogP contribution in [0.25, 0.3) is 0 Å². The second-order valence-corrected chi connectivity index (χ2v) is 11.9. The summed E-state index contributed by atoms with van der Waals surface area (Å²) in [5.74, 6) is -2.09. The summed E-state index contributed by atoms with van der Waals surface area (Å²) in [5, 5.41) is 6.38. The molecule has 1 rings (SSSR count). The van der Waals surface area contributed by atoms with Crippen molar-refractivity contribution in [3.05, 3.63) is 0 Å². The number of nitrogens with zero attached hydrogens (tertiary/aromatic N) is 1. The number of esters is 1. The van der Waals surface area contributed by atoms with Gasteiger partial charge in [-0.2, -0.15) is 0 Å². The van der Waals surface area contributed by atoms with Gasteiger partial charge in [-0.05, 0) is 39.5 Å². The van der Waals surface area contributed by atoms with Gasteiger partial charge in [-0.15, -0.1) is 0 Å². The Morgan fingerprint density at radius 1 is 1.11 bits per heavy atom. The molecule has 1 heterocycles. The van der Waals surface area contributed by atoms with Crippen LogP contribution in [-0.4, -0.2) is 83.3 Å². The molecule has 11 nitrogen and oxygen atoms in total. The molecular weight excluding hydrogens is 527 g/mol. The van der Waals surface area contributed by atoms with Crippen LogP contribution in [0.2, 0.25) is 0 Å². The van der Waals surface area contributed by atoms with E-state index in [1.165, 1.54) is 12.1 Å². The number of hydrogen-bond acceptors (Lipinski definition) is 8. The Bertz CT molecular complexity index is 756. The van der Waals surface area contributed by atoms with Gasteiger partial charge in [0.05, 0.1) is 6.61 Å². The molecule has 1 saturated heterocycles. The maximum Gasteiger partial charge on any atom is 0.408 e. The van der Waals surface area contributed by atoms with E-state index in [4.69, 9.17) is 49.0 Å². The number of nitrogens with one attached hydrogen (secondary N) is 3. The highest BCUT2D eigenvalue weighted by molar-refractivity contribution is 6.67. The zero-order chi connectivity index (χ0) is 27.0. The summed E-state index contributed by atoms with van der Waals surface area (Å²) >= 11 is 16.8. The molecule has 202 valence electrons. The maximum atomic E-state index is 13.2. The summed E-state index contributed by atoms with van der Waals surface area (Å²) in [6.07, 6.45) is 0.142. The Kier molecular flexibility index (Phi) is 12.3. The highest BCUT2D eigenvalue weighted by Crippen LogP contribution is 2.26. The molecule has 3 amide bonds. The quantitative estimate of drug-likeness (QED) is 0.288. The van der Waals surface area contributed by atoms with Crippen molar-refractivity contribution >= 4 is 58.7 Å². The number of carbonyl (C=O) groups is 4. The molecule has 0 saturated carbocycles. The molecule has 3 atom stereocenters. The van der Waals surface area contributed by atoms with E-state index < -0.39 is 58.0 Å². The molecule has 3 N–H and O–H groups in total. The summed E-state index contributed by atoms with van der Waals surface area (Å²) in [6, 6.07) is -2.88. The predicted octanol–water partition coefficient (Wildman–Crippen LogP) is 2.08. The molecular formula is C21H35Cl3N4O7. The minimum atomic E-state index is -1.76. The first-order valence-electron chi connectivity index (χ1n) is 11.1. The van der Waals surface area contributed by atoms with Crippen LogP contribution in [0.4, 0.5) is 4.79 Å². The summed E-state index contributed by atoms with van der Waals surface area (Å²) < 4.78 is 13.6. The molecule has 1 aliphatic heterocycles. The third-order valence-electron chi connectivity index (χ3n) is 4.68. The van der Waals surface area contributed by atoms with Crippen LogP contribution in [0.1, 0.15) is 47.5 Å². The minimum Gasteiger partial charge on any atom is -0.460 e. The van der Waals surface area contributed by atoms with Gasteiger partial charge < -0.3 is 24.8 Å². The van der Waals surface area contributed by atoms with Gasteiger partial charge >= 0.3 is 12.1 Å². The second kappa shape index (κ2) is 13.7. The summed E-state index contributed by atoms with van der Waals surface area (Å²) in [4.78, 5) is 50.6. The van der Waals surface area contributed by atoms with Crippen LogP contribution in [0.15, 0.2) is 0 Å². The molecule has 0 radical (unpaired) electrons. The smallest absolute Gasteiger partial charge is 0.408 e. The van der Waals surface area contributed by atoms with E-state index >= 15 is 0 Å². The van der Waals surface area contributed by atoms with Crippen molar-refractivity contribution in [1.82, 2.24) is 21.1 Å². The molecule has 35 heavy (non-hydrogen) atoms. The highest BCUT2D eigenvalue weighted by Gasteiger charge is 2.36. The van der Waals surface area contributed by atoms with Crippen LogP contribution in [0.3, 0.4) is 0 Å². The van der Waals surface area contributed by atoms with E-state index in [0.29, 0.717) is 12.8 Å². The topological polar surface area (TPSA) is 135 Å². The van der Waals surface area contributed by atoms with E-state index in [2.05, 4.69) is 16.1 Å². The first-order valence-corrected chi connectivity index (χ1v) is 12.3. The molecule has 0 spiro atoms. The molecule has 0 aromatic rings. The normalized spacial score (nSPS) is 18.5. The molecule has 2 unspecified atom stereocenters. The number of hydrogen-bond donors (Lipinski definition) is 3. The van der Waals surface area contributed by atoms with E-state index in [0.717, 1.165) is 0 Å². The van der Waals surface area contributed by atoms with Crippen LogP contribution in [0.5, 0.6) is 0 Å². The highest BCUT2D eigenvalue weighted by atomic mass is 35.6. The van der Waals surface area contributed by atoms with Crippen molar-refractivity contribution in [3.63, 3.8) is 0 Å². The number of amides is 3. The predicted molar refractivity (Wildman–Crippen MR) is 131 cm³/mol. The Labute approximate surface area is 220 Å². The van der Waals surface area contributed by atoms with E-state index in [1.54, 1.807) is 34.6 Å². The average Bonchev–Trinajstić information content (AvgIpc) is 2.73. The lowest BCUT2D eigenvalue weighted by Crippen LogP contribution is -2.62. The second-order valence-electron chi connectivity index (χ2n) is 9.42. The maximum absolute atomic E-state index is 13.2. The SMILES string of the molecule is COCC(NC(=O)C(NC(=O)OC(C)(C)C)C(C)C)C(=O)N1CCC[C@@H](C(=O)OCC(Cl)(Cl)Cl)N1. The number of alkyl halides is 3. The largest absolute Gasteiger partial charge is 0.460 e. The third kappa shape index (κ3) is 11.8. The Hall–Kier alpha value is -1.53. The molecule has 1 aliphatic rings. The summed E-state index contributed by atoms with van der Waals surface area (Å²) in [7, 11) is 1.38. The Balaban J connectivity index is 2.85. The fourth-order valence-electron chi connectivity index (χ4n) is 3.13. The van der Waals surface area contributed by atoms with E-state index in [-0.39, 0.29) is 19.1 Å². The molecule has 0 aromatic carbocycles. The summed E-state index contributed by atoms with van der Waals surface area (Å²) in [5.41, 5.74) is 2.05. The number of halogens is 3. The average molecular weight is 562 g/mol. The van der Waals surface area contributed by atoms with Crippen LogP contribution in [-0.2, 0) is 28.6 Å². The Morgan fingerprint density at radius 2 is 1.74 bits per heavy atom. The van der Waals surface area contributed by atoms with Crippen molar-refractivity contribution < 1.29 is 33.4 Å². The fraction of sp³-hybridized carbons (Fsp3) is 0.810. The van der Waals surface area contributed by atoms with Gasteiger partial charge in [-0.3, -0.25) is 19.4 Å². The van der Waals surface area contributed by atoms with Crippen LogP contribution in [0, 0.1) is 5.92 Å². The lowest BCUT2D eigenvalue weighted by atomic mass is 10.0. The zero-order valence-electron chi connectivity index (χ0n) is 20.8. The van der Waals surface area contributed by atoms with Gasteiger partial charge in [0.2, 0.25) is 9.70 Å². The van der Waals surface area contributed by atoms with E-state index in [1.807, 2.05) is 0 Å². The Morgan fingerprint density at radius 3 is 2.26 bits per heavy atom. The molecule has 0 aliphatic carbocycles. The number of rotatable bonds is 9. The van der Waals surface area contributed by atoms with Gasteiger partial charge in [-0.25, -0.2) is 10.2 Å². The van der Waals surface area contributed by atoms with Crippen LogP contribution >= 0.6 is 34.8 Å². The zero-order valence-corrected chi connectivity index (χ0v) is 23.1. The van der Waals surface area contributed by atoms with Crippen LogP contribution < -0.4 is 16.1 Å². The van der Waals surface area contributed by atoms with Crippen molar-refractivity contribution in [3.8, 4) is 0 Å². The van der Waals surface area contributed by atoms with Crippen molar-refractivity contribution in [1.29, 1.82) is 0 Å². The van der Waals surface area contributed by atoms with Crippen molar-refractivity contribution in [2.75, 3.05) is 26.9 Å². The number of alkyl carbamates (subject to hydrolysis) is 1. The fourth-order valence-corrected chi connectivity index (χ4v) is 3.29. The third-order valence-corrected chi connectivity index (χ3v) is 5.01. The summed E-state index contributed by atoms with van der Waals surface area (Å²) in [6.45, 7) is 8.31. The van der Waals surface area contributed by atoms with E-state index in [9.17, 15) is 19.2 Å². The first kappa shape index (κ1) is 31.5. The van der Waals surface area contributed by atoms with Gasteiger partial charge in [0.15, 0.2) is 0 Å². The molecule has 1 fully saturated rings. The van der Waals surface area contributed by atoms with Crippen molar-refractivity contribution in [2.45, 2.75) is 75.0 Å². The molecule has 0 aromatic heterocycles.